The Balaban J connectivity index is 1.84. The summed E-state index contributed by atoms with van der Waals surface area (Å²) in [6.45, 7) is 8.20. The maximum absolute atomic E-state index is 13.7. The van der Waals surface area contributed by atoms with Gasteiger partial charge in [-0.05, 0) is 55.2 Å². The SMILES string of the molecule is COc1ccccc1C1=C(Nc2ccc(C)cc2C)C(=O)N(c2ccc(C(C)C)cc2)C1=O. The molecule has 5 heteroatoms. The Bertz CT molecular complexity index is 1260. The summed E-state index contributed by atoms with van der Waals surface area (Å²) in [7, 11) is 1.56. The molecule has 1 N–H and O–H groups in total. The molecule has 5 nitrogen and oxygen atoms in total. The maximum atomic E-state index is 13.7. The van der Waals surface area contributed by atoms with Crippen molar-refractivity contribution in [1.82, 2.24) is 0 Å². The summed E-state index contributed by atoms with van der Waals surface area (Å²) in [5.74, 6) is 0.117. The van der Waals surface area contributed by atoms with Gasteiger partial charge in [-0.3, -0.25) is 9.59 Å². The van der Waals surface area contributed by atoms with Gasteiger partial charge in [-0.1, -0.05) is 61.9 Å². The van der Waals surface area contributed by atoms with Crippen LogP contribution in [0.1, 0.15) is 42.0 Å². The number of para-hydroxylation sites is 1. The standard InChI is InChI=1S/C28H28N2O3/c1-17(2)20-11-13-21(14-12-20)30-27(31)25(22-8-6-7-9-24(22)33-5)26(28(30)32)29-23-15-10-18(3)16-19(23)4/h6-17,29H,1-5H3. The molecule has 0 spiro atoms. The van der Waals surface area contributed by atoms with Gasteiger partial charge in [0.2, 0.25) is 0 Å². The molecule has 0 aliphatic carbocycles. The van der Waals surface area contributed by atoms with Crippen molar-refractivity contribution in [3.8, 4) is 5.75 Å². The van der Waals surface area contributed by atoms with Crippen molar-refractivity contribution >= 4 is 28.8 Å². The number of methoxy groups -OCH3 is 1. The molecule has 4 rings (SSSR count). The number of nitrogens with zero attached hydrogens (tertiary/aromatic N) is 1. The van der Waals surface area contributed by atoms with Crippen LogP contribution in [0.4, 0.5) is 11.4 Å². The molecule has 168 valence electrons. The average Bonchev–Trinajstić information content (AvgIpc) is 3.04. The van der Waals surface area contributed by atoms with Gasteiger partial charge in [0.25, 0.3) is 11.8 Å². The quantitative estimate of drug-likeness (QED) is 0.490. The van der Waals surface area contributed by atoms with Gasteiger partial charge in [0, 0.05) is 11.3 Å². The average molecular weight is 441 g/mol. The minimum Gasteiger partial charge on any atom is -0.496 e. The molecule has 0 saturated carbocycles. The van der Waals surface area contributed by atoms with Gasteiger partial charge in [0.05, 0.1) is 18.4 Å². The van der Waals surface area contributed by atoms with Crippen LogP contribution < -0.4 is 15.0 Å². The third-order valence-electron chi connectivity index (χ3n) is 5.92. The molecular weight excluding hydrogens is 412 g/mol. The Hall–Kier alpha value is -3.86. The third kappa shape index (κ3) is 4.14. The van der Waals surface area contributed by atoms with E-state index in [2.05, 4.69) is 19.2 Å². The van der Waals surface area contributed by atoms with E-state index < -0.39 is 5.91 Å². The summed E-state index contributed by atoms with van der Waals surface area (Å²) in [5.41, 5.74) is 5.69. The fourth-order valence-electron chi connectivity index (χ4n) is 4.08. The van der Waals surface area contributed by atoms with Crippen LogP contribution in [0.3, 0.4) is 0 Å². The van der Waals surface area contributed by atoms with E-state index in [0.29, 0.717) is 28.5 Å². The number of hydrogen-bond acceptors (Lipinski definition) is 4. The summed E-state index contributed by atoms with van der Waals surface area (Å²) in [4.78, 5) is 28.6. The van der Waals surface area contributed by atoms with Gasteiger partial charge < -0.3 is 10.1 Å². The second-order valence-corrected chi connectivity index (χ2v) is 8.59. The summed E-state index contributed by atoms with van der Waals surface area (Å²) in [6.07, 6.45) is 0. The molecule has 0 atom stereocenters. The fourth-order valence-corrected chi connectivity index (χ4v) is 4.08. The summed E-state index contributed by atoms with van der Waals surface area (Å²) in [5, 5.41) is 3.26. The molecule has 3 aromatic rings. The number of hydrogen-bond donors (Lipinski definition) is 1. The number of benzene rings is 3. The van der Waals surface area contributed by atoms with E-state index in [0.717, 1.165) is 22.4 Å². The van der Waals surface area contributed by atoms with Gasteiger partial charge in [0.1, 0.15) is 11.4 Å². The Labute approximate surface area is 194 Å². The van der Waals surface area contributed by atoms with Gasteiger partial charge in [0.15, 0.2) is 0 Å². The van der Waals surface area contributed by atoms with Gasteiger partial charge in [-0.15, -0.1) is 0 Å². The lowest BCUT2D eigenvalue weighted by Gasteiger charge is -2.17. The molecule has 3 aromatic carbocycles. The Morgan fingerprint density at radius 1 is 0.879 bits per heavy atom. The van der Waals surface area contributed by atoms with E-state index in [-0.39, 0.29) is 11.6 Å². The molecule has 0 radical (unpaired) electrons. The molecule has 1 aliphatic heterocycles. The van der Waals surface area contributed by atoms with E-state index in [9.17, 15) is 9.59 Å². The normalized spacial score (nSPS) is 13.8. The number of carbonyl (C=O) groups is 2. The minimum atomic E-state index is -0.391. The van der Waals surface area contributed by atoms with Gasteiger partial charge >= 0.3 is 0 Å². The van der Waals surface area contributed by atoms with E-state index >= 15 is 0 Å². The number of anilines is 2. The van der Waals surface area contributed by atoms with Crippen LogP contribution in [0.5, 0.6) is 5.75 Å². The first-order valence-electron chi connectivity index (χ1n) is 11.0. The number of rotatable bonds is 6. The Morgan fingerprint density at radius 3 is 2.21 bits per heavy atom. The van der Waals surface area contributed by atoms with Crippen LogP contribution in [0.15, 0.2) is 72.4 Å². The van der Waals surface area contributed by atoms with Crippen molar-refractivity contribution in [2.24, 2.45) is 0 Å². The molecule has 1 aliphatic rings. The molecule has 0 unspecified atom stereocenters. The Kier molecular flexibility index (Phi) is 6.05. The Morgan fingerprint density at radius 2 is 1.58 bits per heavy atom. The first-order valence-corrected chi connectivity index (χ1v) is 11.0. The van der Waals surface area contributed by atoms with E-state index in [1.807, 2.05) is 68.4 Å². The van der Waals surface area contributed by atoms with Crippen molar-refractivity contribution in [2.45, 2.75) is 33.6 Å². The lowest BCUT2D eigenvalue weighted by atomic mass is 10.0. The predicted molar refractivity (Wildman–Crippen MR) is 132 cm³/mol. The zero-order valence-electron chi connectivity index (χ0n) is 19.6. The number of carbonyl (C=O) groups excluding carboxylic acids is 2. The highest BCUT2D eigenvalue weighted by atomic mass is 16.5. The molecule has 1 heterocycles. The molecular formula is C28H28N2O3. The largest absolute Gasteiger partial charge is 0.496 e. The van der Waals surface area contributed by atoms with Gasteiger partial charge in [-0.25, -0.2) is 4.90 Å². The number of ether oxygens (including phenoxy) is 1. The predicted octanol–water partition coefficient (Wildman–Crippen LogP) is 5.83. The first-order chi connectivity index (χ1) is 15.8. The van der Waals surface area contributed by atoms with Crippen LogP contribution in [-0.2, 0) is 9.59 Å². The molecule has 0 bridgehead atoms. The van der Waals surface area contributed by atoms with Gasteiger partial charge in [-0.2, -0.15) is 0 Å². The van der Waals surface area contributed by atoms with Crippen molar-refractivity contribution in [1.29, 1.82) is 0 Å². The summed E-state index contributed by atoms with van der Waals surface area (Å²) >= 11 is 0. The van der Waals surface area contributed by atoms with Crippen LogP contribution >= 0.6 is 0 Å². The van der Waals surface area contributed by atoms with Crippen LogP contribution in [-0.4, -0.2) is 18.9 Å². The molecule has 0 aromatic heterocycles. The topological polar surface area (TPSA) is 58.6 Å². The zero-order valence-corrected chi connectivity index (χ0v) is 19.6. The fraction of sp³-hybridized carbons (Fsp3) is 0.214. The summed E-state index contributed by atoms with van der Waals surface area (Å²) < 4.78 is 5.52. The lowest BCUT2D eigenvalue weighted by Crippen LogP contribution is -2.32. The number of amides is 2. The lowest BCUT2D eigenvalue weighted by molar-refractivity contribution is -0.120. The van der Waals surface area contributed by atoms with E-state index in [1.165, 1.54) is 4.90 Å². The maximum Gasteiger partial charge on any atom is 0.282 e. The van der Waals surface area contributed by atoms with E-state index in [1.54, 1.807) is 19.2 Å². The second kappa shape index (κ2) is 8.94. The van der Waals surface area contributed by atoms with E-state index in [4.69, 9.17) is 4.74 Å². The molecule has 0 saturated heterocycles. The monoisotopic (exact) mass is 440 g/mol. The molecule has 0 fully saturated rings. The molecule has 33 heavy (non-hydrogen) atoms. The van der Waals surface area contributed by atoms with Crippen LogP contribution in [0.25, 0.3) is 5.57 Å². The minimum absolute atomic E-state index is 0.240. The summed E-state index contributed by atoms with van der Waals surface area (Å²) in [6, 6.07) is 20.8. The first kappa shape index (κ1) is 22.3. The highest BCUT2D eigenvalue weighted by molar-refractivity contribution is 6.46. The highest BCUT2D eigenvalue weighted by Crippen LogP contribution is 2.38. The second-order valence-electron chi connectivity index (χ2n) is 8.59. The van der Waals surface area contributed by atoms with Crippen molar-refractivity contribution in [3.63, 3.8) is 0 Å². The number of nitrogens with one attached hydrogen (secondary N) is 1. The number of aryl methyl sites for hydroxylation is 2. The van der Waals surface area contributed by atoms with Crippen molar-refractivity contribution in [3.05, 3.63) is 94.7 Å². The van der Waals surface area contributed by atoms with Crippen LogP contribution in [0.2, 0.25) is 0 Å². The van der Waals surface area contributed by atoms with Crippen molar-refractivity contribution in [2.75, 3.05) is 17.3 Å². The van der Waals surface area contributed by atoms with Crippen LogP contribution in [0, 0.1) is 13.8 Å². The molecule has 2 amide bonds. The third-order valence-corrected chi connectivity index (χ3v) is 5.92. The zero-order chi connectivity index (χ0) is 23.7. The number of imide groups is 1. The highest BCUT2D eigenvalue weighted by Gasteiger charge is 2.41. The smallest absolute Gasteiger partial charge is 0.282 e. The van der Waals surface area contributed by atoms with Crippen molar-refractivity contribution < 1.29 is 14.3 Å².